The Balaban J connectivity index is 1.36. The lowest BCUT2D eigenvalue weighted by molar-refractivity contribution is 0.0939. The quantitative estimate of drug-likeness (QED) is 0.593. The predicted molar refractivity (Wildman–Crippen MR) is 116 cm³/mol. The van der Waals surface area contributed by atoms with Gasteiger partial charge in [-0.25, -0.2) is 0 Å². The minimum atomic E-state index is -0.176. The van der Waals surface area contributed by atoms with Crippen LogP contribution in [0, 0.1) is 0 Å². The molecule has 0 bridgehead atoms. The number of amides is 1. The molecule has 1 aliphatic rings. The van der Waals surface area contributed by atoms with E-state index in [0.29, 0.717) is 41.9 Å². The number of carbonyl (C=O) groups excluding carboxylic acids is 1. The lowest BCUT2D eigenvalue weighted by Crippen LogP contribution is -2.26. The summed E-state index contributed by atoms with van der Waals surface area (Å²) in [5.74, 6) is 1.96. The molecular weight excluding hydrogens is 402 g/mol. The van der Waals surface area contributed by atoms with E-state index in [-0.39, 0.29) is 11.9 Å². The van der Waals surface area contributed by atoms with E-state index in [1.54, 1.807) is 24.3 Å². The summed E-state index contributed by atoms with van der Waals surface area (Å²) in [5.41, 5.74) is 2.42. The first-order chi connectivity index (χ1) is 14.6. The summed E-state index contributed by atoms with van der Waals surface area (Å²) in [6, 6.07) is 20.1. The van der Waals surface area contributed by atoms with Gasteiger partial charge >= 0.3 is 0 Å². The van der Waals surface area contributed by atoms with Crippen molar-refractivity contribution in [2.24, 2.45) is 0 Å². The summed E-state index contributed by atoms with van der Waals surface area (Å²) in [6.45, 7) is 3.38. The van der Waals surface area contributed by atoms with Gasteiger partial charge in [-0.1, -0.05) is 35.9 Å². The van der Waals surface area contributed by atoms with Crippen LogP contribution in [0.3, 0.4) is 0 Å². The molecule has 0 saturated heterocycles. The Morgan fingerprint density at radius 3 is 2.53 bits per heavy atom. The van der Waals surface area contributed by atoms with Gasteiger partial charge in [0, 0.05) is 16.1 Å². The van der Waals surface area contributed by atoms with Crippen molar-refractivity contribution in [3.63, 3.8) is 0 Å². The van der Waals surface area contributed by atoms with Gasteiger partial charge in [-0.05, 0) is 55.0 Å². The maximum atomic E-state index is 12.6. The molecule has 1 aliphatic heterocycles. The highest BCUT2D eigenvalue weighted by Crippen LogP contribution is 2.32. The monoisotopic (exact) mass is 423 g/mol. The molecule has 3 aromatic carbocycles. The molecule has 30 heavy (non-hydrogen) atoms. The van der Waals surface area contributed by atoms with Crippen LogP contribution in [0.15, 0.2) is 66.7 Å². The molecule has 0 aliphatic carbocycles. The molecule has 0 radical (unpaired) electrons. The van der Waals surface area contributed by atoms with Crippen LogP contribution in [-0.4, -0.2) is 19.1 Å². The molecule has 0 spiro atoms. The van der Waals surface area contributed by atoms with Crippen LogP contribution in [0.1, 0.15) is 34.5 Å². The normalized spacial score (nSPS) is 13.4. The Hall–Kier alpha value is -3.18. The molecule has 154 valence electrons. The van der Waals surface area contributed by atoms with Crippen LogP contribution in [0.4, 0.5) is 0 Å². The first-order valence-corrected chi connectivity index (χ1v) is 10.1. The number of ether oxygens (including phenoxy) is 3. The van der Waals surface area contributed by atoms with Gasteiger partial charge in [-0.15, -0.1) is 0 Å². The molecule has 1 amide bonds. The van der Waals surface area contributed by atoms with E-state index in [1.807, 2.05) is 49.4 Å². The van der Waals surface area contributed by atoms with Gasteiger partial charge < -0.3 is 19.5 Å². The van der Waals surface area contributed by atoms with Gasteiger partial charge in [-0.3, -0.25) is 4.79 Å². The van der Waals surface area contributed by atoms with Crippen LogP contribution in [0.2, 0.25) is 5.02 Å². The second-order valence-electron chi connectivity index (χ2n) is 7.00. The number of nitrogens with one attached hydrogen (secondary N) is 1. The van der Waals surface area contributed by atoms with E-state index in [4.69, 9.17) is 25.8 Å². The zero-order valence-electron chi connectivity index (χ0n) is 16.6. The van der Waals surface area contributed by atoms with Crippen molar-refractivity contribution in [1.82, 2.24) is 5.32 Å². The van der Waals surface area contributed by atoms with Gasteiger partial charge in [0.15, 0.2) is 11.5 Å². The maximum absolute atomic E-state index is 12.6. The minimum Gasteiger partial charge on any atom is -0.489 e. The zero-order valence-corrected chi connectivity index (χ0v) is 17.3. The van der Waals surface area contributed by atoms with Crippen molar-refractivity contribution in [2.75, 3.05) is 13.2 Å². The molecule has 1 atom stereocenters. The lowest BCUT2D eigenvalue weighted by Gasteiger charge is -2.21. The van der Waals surface area contributed by atoms with Crippen molar-refractivity contribution in [3.05, 3.63) is 88.4 Å². The Labute approximate surface area is 180 Å². The summed E-state index contributed by atoms with van der Waals surface area (Å²) in [7, 11) is 0. The predicted octanol–water partition coefficient (Wildman–Crippen LogP) is 5.18. The van der Waals surface area contributed by atoms with Crippen LogP contribution in [0.5, 0.6) is 17.2 Å². The fourth-order valence-electron chi connectivity index (χ4n) is 3.17. The van der Waals surface area contributed by atoms with Crippen molar-refractivity contribution in [3.8, 4) is 17.2 Å². The summed E-state index contributed by atoms with van der Waals surface area (Å²) >= 11 is 6.15. The van der Waals surface area contributed by atoms with Crippen LogP contribution in [0.25, 0.3) is 0 Å². The SMILES string of the molecule is C[C@H](NC(=O)c1ccc(OCc2ccccc2Cl)cc1)c1ccc2c(c1)OCCO2. The van der Waals surface area contributed by atoms with E-state index in [0.717, 1.165) is 16.9 Å². The van der Waals surface area contributed by atoms with Crippen molar-refractivity contribution in [1.29, 1.82) is 0 Å². The minimum absolute atomic E-state index is 0.157. The summed E-state index contributed by atoms with van der Waals surface area (Å²) in [6.07, 6.45) is 0. The molecule has 0 saturated carbocycles. The Kier molecular flexibility index (Phi) is 6.10. The molecule has 6 heteroatoms. The molecule has 0 aromatic heterocycles. The first kappa shape index (κ1) is 20.1. The third-order valence-corrected chi connectivity index (χ3v) is 5.25. The molecule has 0 unspecified atom stereocenters. The van der Waals surface area contributed by atoms with Crippen LogP contribution >= 0.6 is 11.6 Å². The largest absolute Gasteiger partial charge is 0.489 e. The molecule has 5 nitrogen and oxygen atoms in total. The molecule has 1 heterocycles. The Morgan fingerprint density at radius 2 is 1.77 bits per heavy atom. The number of benzene rings is 3. The second kappa shape index (κ2) is 9.09. The molecule has 4 rings (SSSR count). The number of carbonyl (C=O) groups is 1. The maximum Gasteiger partial charge on any atom is 0.251 e. The van der Waals surface area contributed by atoms with Gasteiger partial charge in [0.2, 0.25) is 0 Å². The van der Waals surface area contributed by atoms with Crippen molar-refractivity contribution < 1.29 is 19.0 Å². The van der Waals surface area contributed by atoms with Gasteiger partial charge in [0.05, 0.1) is 6.04 Å². The first-order valence-electron chi connectivity index (χ1n) is 9.77. The van der Waals surface area contributed by atoms with Crippen LogP contribution in [-0.2, 0) is 6.61 Å². The number of hydrogen-bond donors (Lipinski definition) is 1. The Morgan fingerprint density at radius 1 is 1.03 bits per heavy atom. The second-order valence-corrected chi connectivity index (χ2v) is 7.41. The average molecular weight is 424 g/mol. The van der Waals surface area contributed by atoms with E-state index in [2.05, 4.69) is 5.32 Å². The average Bonchev–Trinajstić information content (AvgIpc) is 2.78. The standard InChI is InChI=1S/C24H22ClNO4/c1-16(18-8-11-22-23(14-18)29-13-12-28-22)26-24(27)17-6-9-20(10-7-17)30-15-19-4-2-3-5-21(19)25/h2-11,14,16H,12-13,15H2,1H3,(H,26,27)/t16-/m0/s1. The third kappa shape index (κ3) is 4.69. The van der Waals surface area contributed by atoms with E-state index < -0.39 is 0 Å². The van der Waals surface area contributed by atoms with Gasteiger partial charge in [0.25, 0.3) is 5.91 Å². The molecule has 1 N–H and O–H groups in total. The highest BCUT2D eigenvalue weighted by atomic mass is 35.5. The summed E-state index contributed by atoms with van der Waals surface area (Å²) in [5, 5.41) is 3.68. The van der Waals surface area contributed by atoms with Crippen LogP contribution < -0.4 is 19.5 Å². The van der Waals surface area contributed by atoms with Gasteiger partial charge in [0.1, 0.15) is 25.6 Å². The number of halogens is 1. The third-order valence-electron chi connectivity index (χ3n) is 4.88. The van der Waals surface area contributed by atoms with E-state index in [9.17, 15) is 4.79 Å². The molecular formula is C24H22ClNO4. The highest BCUT2D eigenvalue weighted by molar-refractivity contribution is 6.31. The summed E-state index contributed by atoms with van der Waals surface area (Å²) in [4.78, 5) is 12.6. The topological polar surface area (TPSA) is 56.8 Å². The van der Waals surface area contributed by atoms with Crippen molar-refractivity contribution >= 4 is 17.5 Å². The van der Waals surface area contributed by atoms with E-state index >= 15 is 0 Å². The number of hydrogen-bond acceptors (Lipinski definition) is 4. The smallest absolute Gasteiger partial charge is 0.251 e. The van der Waals surface area contributed by atoms with Gasteiger partial charge in [-0.2, -0.15) is 0 Å². The molecule has 0 fully saturated rings. The summed E-state index contributed by atoms with van der Waals surface area (Å²) < 4.78 is 16.9. The molecule has 3 aromatic rings. The fourth-order valence-corrected chi connectivity index (χ4v) is 3.36. The highest BCUT2D eigenvalue weighted by Gasteiger charge is 2.16. The lowest BCUT2D eigenvalue weighted by atomic mass is 10.1. The van der Waals surface area contributed by atoms with Crippen molar-refractivity contribution in [2.45, 2.75) is 19.6 Å². The fraction of sp³-hybridized carbons (Fsp3) is 0.208. The Bertz CT molecular complexity index is 1040. The zero-order chi connectivity index (χ0) is 20.9. The number of fused-ring (bicyclic) bond motifs is 1. The number of rotatable bonds is 6. The van der Waals surface area contributed by atoms with E-state index in [1.165, 1.54) is 0 Å².